The van der Waals surface area contributed by atoms with Crippen LogP contribution in [0.3, 0.4) is 0 Å². The molecule has 3 heteroatoms. The quantitative estimate of drug-likeness (QED) is 0.694. The van der Waals surface area contributed by atoms with Gasteiger partial charge in [0.25, 0.3) is 0 Å². The summed E-state index contributed by atoms with van der Waals surface area (Å²) in [5, 5.41) is 1.35. The third kappa shape index (κ3) is 4.52. The molecule has 0 aromatic heterocycles. The normalized spacial score (nSPS) is 26.9. The first-order chi connectivity index (χ1) is 7.63. The van der Waals surface area contributed by atoms with Gasteiger partial charge in [-0.3, -0.25) is 9.63 Å². The number of carbonyl (C=O) groups excluding carboxylic acids is 1. The lowest BCUT2D eigenvalue weighted by Gasteiger charge is -2.23. The van der Waals surface area contributed by atoms with Crippen LogP contribution in [0.25, 0.3) is 0 Å². The van der Waals surface area contributed by atoms with Crippen LogP contribution in [0.1, 0.15) is 51.9 Å². The molecule has 0 saturated heterocycles. The summed E-state index contributed by atoms with van der Waals surface area (Å²) in [6.07, 6.45) is 8.25. The van der Waals surface area contributed by atoms with Crippen LogP contribution in [0, 0.1) is 11.8 Å². The highest BCUT2D eigenvalue weighted by Crippen LogP contribution is 2.27. The molecule has 1 saturated carbocycles. The van der Waals surface area contributed by atoms with Crippen molar-refractivity contribution >= 4 is 5.91 Å². The maximum absolute atomic E-state index is 11.7. The SMILES string of the molecule is CON(C)C(=O)CC1CCCC(C)CCC1. The third-order valence-electron chi connectivity index (χ3n) is 3.71. The van der Waals surface area contributed by atoms with Gasteiger partial charge in [-0.15, -0.1) is 0 Å². The number of hydrogen-bond donors (Lipinski definition) is 0. The Balaban J connectivity index is 2.33. The highest BCUT2D eigenvalue weighted by atomic mass is 16.7. The Bertz CT molecular complexity index is 208. The Morgan fingerprint density at radius 2 is 1.81 bits per heavy atom. The minimum atomic E-state index is 0.112. The van der Waals surface area contributed by atoms with E-state index in [4.69, 9.17) is 4.84 Å². The molecule has 0 atom stereocenters. The molecule has 0 radical (unpaired) electrons. The Morgan fingerprint density at radius 3 is 2.31 bits per heavy atom. The van der Waals surface area contributed by atoms with Gasteiger partial charge in [0.2, 0.25) is 5.91 Å². The number of hydroxylamine groups is 2. The number of nitrogens with zero attached hydrogens (tertiary/aromatic N) is 1. The van der Waals surface area contributed by atoms with Crippen LogP contribution in [-0.2, 0) is 9.63 Å². The van der Waals surface area contributed by atoms with E-state index in [1.807, 2.05) is 0 Å². The highest BCUT2D eigenvalue weighted by molar-refractivity contribution is 5.75. The van der Waals surface area contributed by atoms with Crippen molar-refractivity contribution in [3.63, 3.8) is 0 Å². The number of hydrogen-bond acceptors (Lipinski definition) is 2. The molecule has 1 amide bonds. The van der Waals surface area contributed by atoms with Gasteiger partial charge in [-0.05, 0) is 24.7 Å². The summed E-state index contributed by atoms with van der Waals surface area (Å²) in [5.74, 6) is 1.55. The Labute approximate surface area is 99.1 Å². The molecule has 0 aliphatic heterocycles. The Kier molecular flexibility index (Phi) is 5.81. The molecule has 0 N–H and O–H groups in total. The van der Waals surface area contributed by atoms with Gasteiger partial charge < -0.3 is 0 Å². The van der Waals surface area contributed by atoms with Crippen molar-refractivity contribution in [3.8, 4) is 0 Å². The lowest BCUT2D eigenvalue weighted by molar-refractivity contribution is -0.169. The maximum atomic E-state index is 11.7. The van der Waals surface area contributed by atoms with E-state index in [1.165, 1.54) is 50.7 Å². The molecule has 1 aliphatic rings. The van der Waals surface area contributed by atoms with Crippen molar-refractivity contribution < 1.29 is 9.63 Å². The molecule has 0 heterocycles. The van der Waals surface area contributed by atoms with E-state index in [0.29, 0.717) is 12.3 Å². The van der Waals surface area contributed by atoms with Gasteiger partial charge in [0, 0.05) is 13.5 Å². The molecule has 1 aliphatic carbocycles. The zero-order chi connectivity index (χ0) is 12.0. The van der Waals surface area contributed by atoms with Crippen molar-refractivity contribution in [3.05, 3.63) is 0 Å². The van der Waals surface area contributed by atoms with Crippen LogP contribution in [0.4, 0.5) is 0 Å². The molecule has 94 valence electrons. The van der Waals surface area contributed by atoms with Gasteiger partial charge in [-0.1, -0.05) is 32.6 Å². The molecule has 1 fully saturated rings. The summed E-state index contributed by atoms with van der Waals surface area (Å²) in [4.78, 5) is 16.6. The van der Waals surface area contributed by atoms with Gasteiger partial charge >= 0.3 is 0 Å². The first-order valence-corrected chi connectivity index (χ1v) is 6.44. The van der Waals surface area contributed by atoms with Gasteiger partial charge in [0.1, 0.15) is 0 Å². The van der Waals surface area contributed by atoms with Crippen LogP contribution in [0.2, 0.25) is 0 Å². The summed E-state index contributed by atoms with van der Waals surface area (Å²) in [7, 11) is 3.23. The average molecular weight is 227 g/mol. The second kappa shape index (κ2) is 6.89. The largest absolute Gasteiger partial charge is 0.275 e. The molecular formula is C13H25NO2. The molecular weight excluding hydrogens is 202 g/mol. The van der Waals surface area contributed by atoms with E-state index in [0.717, 1.165) is 5.92 Å². The zero-order valence-electron chi connectivity index (χ0n) is 10.9. The van der Waals surface area contributed by atoms with Gasteiger partial charge in [0.15, 0.2) is 0 Å². The molecule has 1 rings (SSSR count). The second-order valence-corrected chi connectivity index (χ2v) is 5.11. The summed E-state index contributed by atoms with van der Waals surface area (Å²) in [6.45, 7) is 2.34. The number of rotatable bonds is 3. The standard InChI is InChI=1S/C13H25NO2/c1-11-6-4-8-12(9-5-7-11)10-13(15)14(2)16-3/h11-12H,4-10H2,1-3H3. The monoisotopic (exact) mass is 227 g/mol. The van der Waals surface area contributed by atoms with Gasteiger partial charge in [-0.2, -0.15) is 0 Å². The van der Waals surface area contributed by atoms with Crippen molar-refractivity contribution in [1.29, 1.82) is 0 Å². The van der Waals surface area contributed by atoms with E-state index >= 15 is 0 Å². The Morgan fingerprint density at radius 1 is 1.25 bits per heavy atom. The van der Waals surface area contributed by atoms with Crippen molar-refractivity contribution in [1.82, 2.24) is 5.06 Å². The minimum Gasteiger partial charge on any atom is -0.275 e. The maximum Gasteiger partial charge on any atom is 0.246 e. The van der Waals surface area contributed by atoms with Gasteiger partial charge in [0.05, 0.1) is 7.11 Å². The first kappa shape index (κ1) is 13.5. The van der Waals surface area contributed by atoms with E-state index in [1.54, 1.807) is 7.05 Å². The first-order valence-electron chi connectivity index (χ1n) is 6.44. The van der Waals surface area contributed by atoms with Crippen LogP contribution in [0.5, 0.6) is 0 Å². The molecule has 0 unspecified atom stereocenters. The van der Waals surface area contributed by atoms with E-state index in [-0.39, 0.29) is 5.91 Å². The van der Waals surface area contributed by atoms with Crippen molar-refractivity contribution in [2.24, 2.45) is 11.8 Å². The summed E-state index contributed by atoms with van der Waals surface area (Å²) < 4.78 is 0. The van der Waals surface area contributed by atoms with E-state index in [9.17, 15) is 4.79 Å². The van der Waals surface area contributed by atoms with Crippen molar-refractivity contribution in [2.75, 3.05) is 14.2 Å². The fourth-order valence-electron chi connectivity index (χ4n) is 2.48. The van der Waals surface area contributed by atoms with E-state index < -0.39 is 0 Å². The molecule has 0 spiro atoms. The minimum absolute atomic E-state index is 0.112. The predicted molar refractivity (Wildman–Crippen MR) is 64.8 cm³/mol. The molecule has 0 aromatic rings. The fourth-order valence-corrected chi connectivity index (χ4v) is 2.48. The predicted octanol–water partition coefficient (Wildman–Crippen LogP) is 3.00. The summed E-state index contributed by atoms with van der Waals surface area (Å²) >= 11 is 0. The summed E-state index contributed by atoms with van der Waals surface area (Å²) in [6, 6.07) is 0. The number of carbonyl (C=O) groups is 1. The molecule has 0 aromatic carbocycles. The van der Waals surface area contributed by atoms with Crippen LogP contribution < -0.4 is 0 Å². The third-order valence-corrected chi connectivity index (χ3v) is 3.71. The van der Waals surface area contributed by atoms with Crippen molar-refractivity contribution in [2.45, 2.75) is 51.9 Å². The highest BCUT2D eigenvalue weighted by Gasteiger charge is 2.19. The molecule has 3 nitrogen and oxygen atoms in total. The summed E-state index contributed by atoms with van der Waals surface area (Å²) in [5.41, 5.74) is 0. The van der Waals surface area contributed by atoms with Crippen LogP contribution in [-0.4, -0.2) is 25.1 Å². The topological polar surface area (TPSA) is 29.5 Å². The van der Waals surface area contributed by atoms with Crippen LogP contribution >= 0.6 is 0 Å². The molecule has 0 bridgehead atoms. The van der Waals surface area contributed by atoms with Gasteiger partial charge in [-0.25, -0.2) is 5.06 Å². The lowest BCUT2D eigenvalue weighted by Crippen LogP contribution is -2.27. The van der Waals surface area contributed by atoms with E-state index in [2.05, 4.69) is 6.92 Å². The zero-order valence-corrected chi connectivity index (χ0v) is 10.9. The van der Waals surface area contributed by atoms with Crippen LogP contribution in [0.15, 0.2) is 0 Å². The lowest BCUT2D eigenvalue weighted by atomic mass is 9.85. The second-order valence-electron chi connectivity index (χ2n) is 5.11. The average Bonchev–Trinajstić information content (AvgIpc) is 2.24. The Hall–Kier alpha value is -0.570. The smallest absolute Gasteiger partial charge is 0.246 e. The number of amides is 1. The molecule has 16 heavy (non-hydrogen) atoms. The fraction of sp³-hybridized carbons (Fsp3) is 0.923.